The van der Waals surface area contributed by atoms with E-state index in [1.807, 2.05) is 27.7 Å². The van der Waals surface area contributed by atoms with Crippen LogP contribution in [0.4, 0.5) is 8.78 Å². The molecule has 0 N–H and O–H groups in total. The van der Waals surface area contributed by atoms with Gasteiger partial charge in [-0.05, 0) is 66.1 Å². The van der Waals surface area contributed by atoms with Crippen molar-refractivity contribution in [3.63, 3.8) is 0 Å². The van der Waals surface area contributed by atoms with Crippen LogP contribution in [0.2, 0.25) is 0 Å². The van der Waals surface area contributed by atoms with Crippen LogP contribution in [0.1, 0.15) is 58.8 Å². The lowest BCUT2D eigenvalue weighted by atomic mass is 9.78. The van der Waals surface area contributed by atoms with E-state index in [0.717, 1.165) is 12.1 Å². The normalized spacial score (nSPS) is 19.5. The summed E-state index contributed by atoms with van der Waals surface area (Å²) in [6.07, 6.45) is 0. The average Bonchev–Trinajstić information content (AvgIpc) is 2.55. The first kappa shape index (κ1) is 18.9. The highest BCUT2D eigenvalue weighted by molar-refractivity contribution is 6.62. The van der Waals surface area contributed by atoms with Gasteiger partial charge in [-0.1, -0.05) is 0 Å². The Morgan fingerprint density at radius 1 is 1.04 bits per heavy atom. The van der Waals surface area contributed by atoms with E-state index in [9.17, 15) is 13.6 Å². The van der Waals surface area contributed by atoms with Gasteiger partial charge in [0, 0.05) is 0 Å². The highest BCUT2D eigenvalue weighted by Crippen LogP contribution is 2.36. The standard InChI is InChI=1S/C17H23BF2O4/c1-15(2,3)22-14(21)13-11(19)8-10(9-12(13)20)18-23-16(4,5)17(6,7)24-18/h8-9H,1-7H3. The number of halogens is 2. The maximum absolute atomic E-state index is 14.3. The van der Waals surface area contributed by atoms with Gasteiger partial charge in [0.2, 0.25) is 0 Å². The van der Waals surface area contributed by atoms with Gasteiger partial charge < -0.3 is 14.0 Å². The molecule has 0 aliphatic carbocycles. The van der Waals surface area contributed by atoms with Crippen LogP contribution in [0.5, 0.6) is 0 Å². The molecule has 1 fully saturated rings. The Hall–Kier alpha value is -1.47. The van der Waals surface area contributed by atoms with Crippen LogP contribution in [-0.2, 0) is 14.0 Å². The summed E-state index contributed by atoms with van der Waals surface area (Å²) < 4.78 is 45.2. The summed E-state index contributed by atoms with van der Waals surface area (Å²) in [5, 5.41) is 0. The molecule has 1 aromatic carbocycles. The summed E-state index contributed by atoms with van der Waals surface area (Å²) >= 11 is 0. The van der Waals surface area contributed by atoms with E-state index >= 15 is 0 Å². The fourth-order valence-electron chi connectivity index (χ4n) is 2.23. The zero-order valence-corrected chi connectivity index (χ0v) is 15.1. The molecular formula is C17H23BF2O4. The Labute approximate surface area is 141 Å². The molecule has 0 radical (unpaired) electrons. The third-order valence-electron chi connectivity index (χ3n) is 4.19. The Balaban J connectivity index is 2.33. The van der Waals surface area contributed by atoms with Gasteiger partial charge in [-0.3, -0.25) is 0 Å². The van der Waals surface area contributed by atoms with E-state index < -0.39 is 47.1 Å². The molecule has 1 heterocycles. The van der Waals surface area contributed by atoms with Crippen molar-refractivity contribution in [2.75, 3.05) is 0 Å². The second-order valence-electron chi connectivity index (χ2n) is 7.95. The molecule has 1 aliphatic heterocycles. The molecule has 0 aromatic heterocycles. The Morgan fingerprint density at radius 3 is 1.83 bits per heavy atom. The molecule has 0 saturated carbocycles. The van der Waals surface area contributed by atoms with Gasteiger partial charge in [0.15, 0.2) is 0 Å². The van der Waals surface area contributed by atoms with E-state index in [-0.39, 0.29) is 5.46 Å². The molecule has 1 saturated heterocycles. The lowest BCUT2D eigenvalue weighted by molar-refractivity contribution is 0.00578. The van der Waals surface area contributed by atoms with E-state index in [0.29, 0.717) is 0 Å². The first-order valence-electron chi connectivity index (χ1n) is 7.81. The predicted octanol–water partition coefficient (Wildman–Crippen LogP) is 3.22. The SMILES string of the molecule is CC(C)(C)OC(=O)c1c(F)cc(B2OC(C)(C)C(C)(C)O2)cc1F. The van der Waals surface area contributed by atoms with Crippen molar-refractivity contribution in [2.45, 2.75) is 65.3 Å². The maximum Gasteiger partial charge on any atom is 0.495 e. The molecule has 132 valence electrons. The van der Waals surface area contributed by atoms with E-state index in [2.05, 4.69) is 0 Å². The number of benzene rings is 1. The van der Waals surface area contributed by atoms with Gasteiger partial charge in [-0.15, -0.1) is 0 Å². The van der Waals surface area contributed by atoms with Gasteiger partial charge in [0.1, 0.15) is 22.8 Å². The minimum Gasteiger partial charge on any atom is -0.456 e. The van der Waals surface area contributed by atoms with Crippen molar-refractivity contribution in [3.05, 3.63) is 29.3 Å². The number of hydrogen-bond donors (Lipinski definition) is 0. The van der Waals surface area contributed by atoms with E-state index in [1.165, 1.54) is 0 Å². The fraction of sp³-hybridized carbons (Fsp3) is 0.588. The van der Waals surface area contributed by atoms with Crippen LogP contribution in [0, 0.1) is 11.6 Å². The third kappa shape index (κ3) is 3.62. The van der Waals surface area contributed by atoms with Gasteiger partial charge in [0.05, 0.1) is 11.2 Å². The molecule has 2 rings (SSSR count). The second-order valence-corrected chi connectivity index (χ2v) is 7.95. The minimum absolute atomic E-state index is 0.177. The molecule has 7 heteroatoms. The first-order valence-corrected chi connectivity index (χ1v) is 7.81. The zero-order valence-electron chi connectivity index (χ0n) is 15.1. The Bertz CT molecular complexity index is 626. The Kier molecular flexibility index (Phi) is 4.57. The van der Waals surface area contributed by atoms with Crippen LogP contribution >= 0.6 is 0 Å². The third-order valence-corrected chi connectivity index (χ3v) is 4.19. The quantitative estimate of drug-likeness (QED) is 0.613. The number of esters is 1. The molecule has 4 nitrogen and oxygen atoms in total. The van der Waals surface area contributed by atoms with Crippen molar-refractivity contribution in [1.29, 1.82) is 0 Å². The predicted molar refractivity (Wildman–Crippen MR) is 87.2 cm³/mol. The first-order chi connectivity index (χ1) is 10.7. The second kappa shape index (κ2) is 5.81. The van der Waals surface area contributed by atoms with Gasteiger partial charge in [0.25, 0.3) is 0 Å². The number of rotatable bonds is 2. The van der Waals surface area contributed by atoms with Crippen LogP contribution in [0.25, 0.3) is 0 Å². The minimum atomic E-state index is -1.04. The number of carbonyl (C=O) groups excluding carboxylic acids is 1. The fourth-order valence-corrected chi connectivity index (χ4v) is 2.23. The summed E-state index contributed by atoms with van der Waals surface area (Å²) in [5.41, 5.74) is -2.65. The smallest absolute Gasteiger partial charge is 0.456 e. The molecule has 0 unspecified atom stereocenters. The van der Waals surface area contributed by atoms with Crippen molar-refractivity contribution < 1.29 is 27.6 Å². The lowest BCUT2D eigenvalue weighted by Gasteiger charge is -2.32. The van der Waals surface area contributed by atoms with Crippen molar-refractivity contribution in [1.82, 2.24) is 0 Å². The van der Waals surface area contributed by atoms with E-state index in [1.54, 1.807) is 20.8 Å². The van der Waals surface area contributed by atoms with Gasteiger partial charge >= 0.3 is 13.1 Å². The zero-order chi connectivity index (χ0) is 18.5. The molecule has 1 aliphatic rings. The van der Waals surface area contributed by atoms with Crippen LogP contribution in [0.3, 0.4) is 0 Å². The largest absolute Gasteiger partial charge is 0.495 e. The summed E-state index contributed by atoms with van der Waals surface area (Å²) in [6.45, 7) is 12.2. The van der Waals surface area contributed by atoms with Crippen LogP contribution in [-0.4, -0.2) is 29.9 Å². The summed E-state index contributed by atoms with van der Waals surface area (Å²) in [5.74, 6) is -3.05. The maximum atomic E-state index is 14.3. The van der Waals surface area contributed by atoms with Gasteiger partial charge in [-0.25, -0.2) is 13.6 Å². The van der Waals surface area contributed by atoms with Crippen molar-refractivity contribution in [2.24, 2.45) is 0 Å². The van der Waals surface area contributed by atoms with Crippen LogP contribution < -0.4 is 5.46 Å². The van der Waals surface area contributed by atoms with Crippen LogP contribution in [0.15, 0.2) is 12.1 Å². The highest BCUT2D eigenvalue weighted by Gasteiger charge is 2.52. The number of carbonyl (C=O) groups is 1. The number of hydrogen-bond acceptors (Lipinski definition) is 4. The summed E-state index contributed by atoms with van der Waals surface area (Å²) in [6, 6.07) is 2.09. The Morgan fingerprint density at radius 2 is 1.46 bits per heavy atom. The van der Waals surface area contributed by atoms with Crippen molar-refractivity contribution in [3.8, 4) is 0 Å². The molecule has 24 heavy (non-hydrogen) atoms. The molecule has 0 bridgehead atoms. The van der Waals surface area contributed by atoms with Crippen molar-refractivity contribution >= 4 is 18.6 Å². The average molecular weight is 340 g/mol. The lowest BCUT2D eigenvalue weighted by Crippen LogP contribution is -2.41. The molecule has 0 spiro atoms. The summed E-state index contributed by atoms with van der Waals surface area (Å²) in [4.78, 5) is 12.0. The summed E-state index contributed by atoms with van der Waals surface area (Å²) in [7, 11) is -0.910. The molecule has 1 aromatic rings. The van der Waals surface area contributed by atoms with E-state index in [4.69, 9.17) is 14.0 Å². The number of ether oxygens (including phenoxy) is 1. The topological polar surface area (TPSA) is 44.8 Å². The molecular weight excluding hydrogens is 317 g/mol. The molecule has 0 atom stereocenters. The molecule has 0 amide bonds. The highest BCUT2D eigenvalue weighted by atomic mass is 19.1. The monoisotopic (exact) mass is 340 g/mol. The van der Waals surface area contributed by atoms with Gasteiger partial charge in [-0.2, -0.15) is 0 Å².